The molecule has 5 nitrogen and oxygen atoms in total. The Bertz CT molecular complexity index is 772. The van der Waals surface area contributed by atoms with Crippen molar-refractivity contribution >= 4 is 11.7 Å². The number of hydrogen-bond acceptors (Lipinski definition) is 3. The summed E-state index contributed by atoms with van der Waals surface area (Å²) in [5.41, 5.74) is 1.69. The number of benzene rings is 2. The molecule has 0 radical (unpaired) electrons. The average molecular weight is 400 g/mol. The van der Waals surface area contributed by atoms with Crippen LogP contribution in [0.15, 0.2) is 54.6 Å². The highest BCUT2D eigenvalue weighted by Crippen LogP contribution is 2.17. The van der Waals surface area contributed by atoms with Crippen molar-refractivity contribution in [3.8, 4) is 0 Å². The largest absolute Gasteiger partial charge is 0.392 e. The fraction of sp³-hybridized carbons (Fsp3) is 0.435. The molecule has 2 aromatic rings. The average Bonchev–Trinajstić information content (AvgIpc) is 2.72. The van der Waals surface area contributed by atoms with Gasteiger partial charge in [0.25, 0.3) is 0 Å². The smallest absolute Gasteiger partial charge is 0.319 e. The summed E-state index contributed by atoms with van der Waals surface area (Å²) < 4.78 is 13.2. The first-order chi connectivity index (χ1) is 14.1. The molecule has 2 amide bonds. The van der Waals surface area contributed by atoms with E-state index in [1.165, 1.54) is 17.7 Å². The Morgan fingerprint density at radius 3 is 2.83 bits per heavy atom. The van der Waals surface area contributed by atoms with Crippen LogP contribution in [0.4, 0.5) is 14.9 Å². The molecule has 1 aliphatic rings. The highest BCUT2D eigenvalue weighted by atomic mass is 19.1. The lowest BCUT2D eigenvalue weighted by Crippen LogP contribution is -2.44. The Morgan fingerprint density at radius 2 is 2.03 bits per heavy atom. The lowest BCUT2D eigenvalue weighted by Gasteiger charge is -2.34. The molecule has 2 atom stereocenters. The minimum absolute atomic E-state index is 0.324. The zero-order valence-electron chi connectivity index (χ0n) is 16.7. The number of carbonyl (C=O) groups is 1. The monoisotopic (exact) mass is 399 g/mol. The first-order valence-corrected chi connectivity index (χ1v) is 10.3. The zero-order chi connectivity index (χ0) is 20.5. The summed E-state index contributed by atoms with van der Waals surface area (Å²) in [5, 5.41) is 15.9. The number of carbonyl (C=O) groups excluding carboxylic acids is 1. The highest BCUT2D eigenvalue weighted by Gasteiger charge is 2.22. The second kappa shape index (κ2) is 10.9. The van der Waals surface area contributed by atoms with Crippen molar-refractivity contribution in [3.05, 3.63) is 66.0 Å². The molecule has 1 fully saturated rings. The number of hydrogen-bond donors (Lipinski definition) is 3. The molecule has 3 N–H and O–H groups in total. The van der Waals surface area contributed by atoms with Crippen LogP contribution in [-0.2, 0) is 6.42 Å². The summed E-state index contributed by atoms with van der Waals surface area (Å²) in [5.74, 6) is -0.0279. The SMILES string of the molecule is O=C(NC[C@@H]1CCCN(C[C@@H](O)CCc2ccccc2)C1)Nc1cccc(F)c1. The molecule has 0 spiro atoms. The van der Waals surface area contributed by atoms with Crippen LogP contribution in [-0.4, -0.2) is 48.3 Å². The van der Waals surface area contributed by atoms with Crippen LogP contribution in [0.1, 0.15) is 24.8 Å². The van der Waals surface area contributed by atoms with E-state index >= 15 is 0 Å². The molecule has 0 aromatic heterocycles. The van der Waals surface area contributed by atoms with E-state index in [4.69, 9.17) is 0 Å². The topological polar surface area (TPSA) is 64.6 Å². The number of rotatable bonds is 8. The number of β-amino-alcohol motifs (C(OH)–C–C–N with tert-alkyl or cyclic N) is 1. The molecule has 1 heterocycles. The van der Waals surface area contributed by atoms with Crippen molar-refractivity contribution in [2.24, 2.45) is 5.92 Å². The van der Waals surface area contributed by atoms with Gasteiger partial charge in [-0.05, 0) is 61.9 Å². The van der Waals surface area contributed by atoms with Crippen LogP contribution in [0, 0.1) is 11.7 Å². The standard InChI is InChI=1S/C23H30FN3O2/c24-20-9-4-10-21(14-20)26-23(29)25-15-19-8-5-13-27(16-19)17-22(28)12-11-18-6-2-1-3-7-18/h1-4,6-7,9-10,14,19,22,28H,5,8,11-13,15-17H2,(H2,25,26,29)/t19-,22-/m0/s1. The van der Waals surface area contributed by atoms with Crippen molar-refractivity contribution < 1.29 is 14.3 Å². The molecule has 1 saturated heterocycles. The van der Waals surface area contributed by atoms with Gasteiger partial charge in [0.05, 0.1) is 6.10 Å². The van der Waals surface area contributed by atoms with Crippen molar-refractivity contribution in [1.82, 2.24) is 10.2 Å². The van der Waals surface area contributed by atoms with Gasteiger partial charge in [-0.15, -0.1) is 0 Å². The minimum Gasteiger partial charge on any atom is -0.392 e. The number of aliphatic hydroxyl groups excluding tert-OH is 1. The van der Waals surface area contributed by atoms with Gasteiger partial charge in [-0.1, -0.05) is 36.4 Å². The Balaban J connectivity index is 1.36. The fourth-order valence-corrected chi connectivity index (χ4v) is 3.83. The molecule has 0 saturated carbocycles. The van der Waals surface area contributed by atoms with Crippen molar-refractivity contribution in [1.29, 1.82) is 0 Å². The quantitative estimate of drug-likeness (QED) is 0.635. The van der Waals surface area contributed by atoms with Gasteiger partial charge in [0.15, 0.2) is 0 Å². The molecule has 3 rings (SSSR count). The third kappa shape index (κ3) is 7.48. The van der Waals surface area contributed by atoms with Gasteiger partial charge in [-0.2, -0.15) is 0 Å². The summed E-state index contributed by atoms with van der Waals surface area (Å²) >= 11 is 0. The van der Waals surface area contributed by atoms with E-state index in [2.05, 4.69) is 27.7 Å². The summed E-state index contributed by atoms with van der Waals surface area (Å²) in [4.78, 5) is 14.3. The summed E-state index contributed by atoms with van der Waals surface area (Å²) in [7, 11) is 0. The summed E-state index contributed by atoms with van der Waals surface area (Å²) in [6.07, 6.45) is 3.39. The van der Waals surface area contributed by atoms with Crippen LogP contribution in [0.2, 0.25) is 0 Å². The zero-order valence-corrected chi connectivity index (χ0v) is 16.7. The first kappa shape index (κ1) is 21.3. The minimum atomic E-state index is -0.378. The maximum absolute atomic E-state index is 13.2. The molecular weight excluding hydrogens is 369 g/mol. The Hall–Kier alpha value is -2.44. The molecule has 0 unspecified atom stereocenters. The molecule has 156 valence electrons. The third-order valence-corrected chi connectivity index (χ3v) is 5.31. The van der Waals surface area contributed by atoms with Crippen LogP contribution in [0.3, 0.4) is 0 Å². The number of anilines is 1. The van der Waals surface area contributed by atoms with E-state index in [9.17, 15) is 14.3 Å². The lowest BCUT2D eigenvalue weighted by molar-refractivity contribution is 0.0797. The number of urea groups is 1. The molecule has 29 heavy (non-hydrogen) atoms. The van der Waals surface area contributed by atoms with E-state index in [1.54, 1.807) is 12.1 Å². The Kier molecular flexibility index (Phi) is 8.02. The number of aliphatic hydroxyl groups is 1. The molecule has 0 aliphatic carbocycles. The number of nitrogens with one attached hydrogen (secondary N) is 2. The number of aryl methyl sites for hydroxylation is 1. The second-order valence-corrected chi connectivity index (χ2v) is 7.79. The van der Waals surface area contributed by atoms with Crippen LogP contribution < -0.4 is 10.6 Å². The third-order valence-electron chi connectivity index (χ3n) is 5.31. The number of likely N-dealkylation sites (tertiary alicyclic amines) is 1. The van der Waals surface area contributed by atoms with Crippen molar-refractivity contribution in [3.63, 3.8) is 0 Å². The van der Waals surface area contributed by atoms with Crippen LogP contribution in [0.25, 0.3) is 0 Å². The van der Waals surface area contributed by atoms with Crippen LogP contribution >= 0.6 is 0 Å². The predicted molar refractivity (Wildman–Crippen MR) is 113 cm³/mol. The van der Waals surface area contributed by atoms with Crippen molar-refractivity contribution in [2.45, 2.75) is 31.8 Å². The van der Waals surface area contributed by atoms with Crippen LogP contribution in [0.5, 0.6) is 0 Å². The molecule has 1 aliphatic heterocycles. The van der Waals surface area contributed by atoms with E-state index < -0.39 is 0 Å². The first-order valence-electron chi connectivity index (χ1n) is 10.3. The second-order valence-electron chi connectivity index (χ2n) is 7.79. The molecule has 6 heteroatoms. The van der Waals surface area contributed by atoms with E-state index in [1.807, 2.05) is 18.2 Å². The fourth-order valence-electron chi connectivity index (χ4n) is 3.83. The van der Waals surface area contributed by atoms with Gasteiger partial charge in [-0.25, -0.2) is 9.18 Å². The Morgan fingerprint density at radius 1 is 1.21 bits per heavy atom. The van der Waals surface area contributed by atoms with Gasteiger partial charge >= 0.3 is 6.03 Å². The molecule has 2 aromatic carbocycles. The normalized spacial score (nSPS) is 18.2. The van der Waals surface area contributed by atoms with Gasteiger partial charge in [0, 0.05) is 25.3 Å². The number of halogens is 1. The van der Waals surface area contributed by atoms with Crippen molar-refractivity contribution in [2.75, 3.05) is 31.5 Å². The van der Waals surface area contributed by atoms with E-state index in [0.29, 0.717) is 24.7 Å². The van der Waals surface area contributed by atoms with Gasteiger partial charge in [0.2, 0.25) is 0 Å². The van der Waals surface area contributed by atoms with E-state index in [0.717, 1.165) is 38.8 Å². The number of nitrogens with zero attached hydrogens (tertiary/aromatic N) is 1. The van der Waals surface area contributed by atoms with Gasteiger partial charge in [-0.3, -0.25) is 0 Å². The number of piperidine rings is 1. The predicted octanol–water partition coefficient (Wildman–Crippen LogP) is 3.65. The van der Waals surface area contributed by atoms with Gasteiger partial charge in [0.1, 0.15) is 5.82 Å². The van der Waals surface area contributed by atoms with E-state index in [-0.39, 0.29) is 18.0 Å². The number of amides is 2. The molecular formula is C23H30FN3O2. The molecule has 0 bridgehead atoms. The summed E-state index contributed by atoms with van der Waals surface area (Å²) in [6, 6.07) is 15.7. The van der Waals surface area contributed by atoms with Gasteiger partial charge < -0.3 is 20.6 Å². The maximum Gasteiger partial charge on any atom is 0.319 e. The lowest BCUT2D eigenvalue weighted by atomic mass is 9.97. The Labute approximate surface area is 171 Å². The maximum atomic E-state index is 13.2. The summed E-state index contributed by atoms with van der Waals surface area (Å²) in [6.45, 7) is 3.08. The highest BCUT2D eigenvalue weighted by molar-refractivity contribution is 5.89.